The van der Waals surface area contributed by atoms with E-state index in [1.54, 1.807) is 18.2 Å². The first-order chi connectivity index (χ1) is 9.63. The summed E-state index contributed by atoms with van der Waals surface area (Å²) in [6, 6.07) is 6.82. The highest BCUT2D eigenvalue weighted by atomic mass is 35.5. The Balaban J connectivity index is 2.12. The number of carbonyl (C=O) groups is 2. The molecule has 0 aliphatic carbocycles. The summed E-state index contributed by atoms with van der Waals surface area (Å²) in [4.78, 5) is 25.2. The first-order valence-corrected chi connectivity index (χ1v) is 7.25. The van der Waals surface area contributed by atoms with Gasteiger partial charge in [0.25, 0.3) is 0 Å². The average molecular weight is 296 g/mol. The molecule has 0 spiro atoms. The van der Waals surface area contributed by atoms with E-state index in [0.29, 0.717) is 11.4 Å². The summed E-state index contributed by atoms with van der Waals surface area (Å²) in [5.41, 5.74) is 0.826. The van der Waals surface area contributed by atoms with Gasteiger partial charge in [0, 0.05) is 11.4 Å². The maximum absolute atomic E-state index is 12.2. The first-order valence-electron chi connectivity index (χ1n) is 6.87. The largest absolute Gasteiger partial charge is 0.446 e. The molecule has 1 aromatic carbocycles. The number of benzene rings is 1. The van der Waals surface area contributed by atoms with Crippen molar-refractivity contribution < 1.29 is 14.3 Å². The molecule has 4 nitrogen and oxygen atoms in total. The zero-order valence-corrected chi connectivity index (χ0v) is 12.2. The van der Waals surface area contributed by atoms with Crippen molar-refractivity contribution in [1.29, 1.82) is 0 Å². The molecular formula is C15H18ClNO3. The molecular weight excluding hydrogens is 278 g/mol. The minimum Gasteiger partial charge on any atom is -0.446 e. The van der Waals surface area contributed by atoms with Crippen molar-refractivity contribution in [3.63, 3.8) is 0 Å². The van der Waals surface area contributed by atoms with Crippen LogP contribution in [0.25, 0.3) is 0 Å². The Morgan fingerprint density at radius 1 is 1.45 bits per heavy atom. The Morgan fingerprint density at radius 3 is 2.95 bits per heavy atom. The molecule has 2 rings (SSSR count). The van der Waals surface area contributed by atoms with Crippen molar-refractivity contribution in [2.75, 3.05) is 6.61 Å². The van der Waals surface area contributed by atoms with E-state index in [1.165, 1.54) is 4.90 Å². The van der Waals surface area contributed by atoms with Crippen LogP contribution in [0, 0.1) is 0 Å². The number of carbonyl (C=O) groups excluding carboxylic acids is 2. The van der Waals surface area contributed by atoms with Crippen LogP contribution in [0.15, 0.2) is 24.3 Å². The highest BCUT2D eigenvalue weighted by Gasteiger charge is 2.38. The third-order valence-corrected chi connectivity index (χ3v) is 3.60. The highest BCUT2D eigenvalue weighted by molar-refractivity contribution is 6.30. The molecule has 5 heteroatoms. The quantitative estimate of drug-likeness (QED) is 0.773. The molecule has 0 bridgehead atoms. The van der Waals surface area contributed by atoms with Gasteiger partial charge >= 0.3 is 6.09 Å². The van der Waals surface area contributed by atoms with Crippen molar-refractivity contribution in [3.05, 3.63) is 34.9 Å². The van der Waals surface area contributed by atoms with Gasteiger partial charge in [-0.05, 0) is 24.1 Å². The molecule has 1 aliphatic rings. The summed E-state index contributed by atoms with van der Waals surface area (Å²) in [7, 11) is 0. The Labute approximate surface area is 123 Å². The molecule has 1 aliphatic heterocycles. The van der Waals surface area contributed by atoms with Gasteiger partial charge < -0.3 is 4.74 Å². The van der Waals surface area contributed by atoms with Crippen LogP contribution in [0.4, 0.5) is 4.79 Å². The van der Waals surface area contributed by atoms with Crippen LogP contribution in [0.5, 0.6) is 0 Å². The second-order valence-corrected chi connectivity index (χ2v) is 5.30. The van der Waals surface area contributed by atoms with Gasteiger partial charge in [0.1, 0.15) is 12.6 Å². The first kappa shape index (κ1) is 14.9. The number of unbranched alkanes of at least 4 members (excludes halogenated alkanes) is 2. The van der Waals surface area contributed by atoms with Gasteiger partial charge in [-0.25, -0.2) is 9.69 Å². The lowest BCUT2D eigenvalue weighted by Crippen LogP contribution is -2.34. The number of hydrogen-bond acceptors (Lipinski definition) is 3. The monoisotopic (exact) mass is 295 g/mol. The SMILES string of the molecule is CCCCCC(=O)N1C(=O)OCC1c1cccc(Cl)c1. The van der Waals surface area contributed by atoms with E-state index in [9.17, 15) is 9.59 Å². The summed E-state index contributed by atoms with van der Waals surface area (Å²) in [5.74, 6) is -0.175. The normalized spacial score (nSPS) is 18.2. The molecule has 1 heterocycles. The topological polar surface area (TPSA) is 46.6 Å². The number of rotatable bonds is 5. The van der Waals surface area contributed by atoms with E-state index in [2.05, 4.69) is 6.92 Å². The van der Waals surface area contributed by atoms with Gasteiger partial charge in [-0.1, -0.05) is 43.5 Å². The molecule has 0 N–H and O–H groups in total. The van der Waals surface area contributed by atoms with Gasteiger partial charge in [0.05, 0.1) is 0 Å². The van der Waals surface area contributed by atoms with Crippen LogP contribution in [-0.2, 0) is 9.53 Å². The van der Waals surface area contributed by atoms with Crippen molar-refractivity contribution in [1.82, 2.24) is 4.90 Å². The number of ether oxygens (including phenoxy) is 1. The molecule has 1 unspecified atom stereocenters. The molecule has 0 aromatic heterocycles. The number of nitrogens with zero attached hydrogens (tertiary/aromatic N) is 1. The average Bonchev–Trinajstić information content (AvgIpc) is 2.81. The molecule has 2 amide bonds. The lowest BCUT2D eigenvalue weighted by atomic mass is 10.1. The summed E-state index contributed by atoms with van der Waals surface area (Å²) >= 11 is 5.96. The van der Waals surface area contributed by atoms with Gasteiger partial charge in [-0.3, -0.25) is 4.79 Å². The Hall–Kier alpha value is -1.55. The van der Waals surface area contributed by atoms with E-state index in [4.69, 9.17) is 16.3 Å². The standard InChI is InChI=1S/C15H18ClNO3/c1-2-3-4-8-14(18)17-13(10-20-15(17)19)11-6-5-7-12(16)9-11/h5-7,9,13H,2-4,8,10H2,1H3. The smallest absolute Gasteiger partial charge is 0.417 e. The van der Waals surface area contributed by atoms with Crippen LogP contribution in [0.3, 0.4) is 0 Å². The molecule has 1 saturated heterocycles. The van der Waals surface area contributed by atoms with E-state index in [0.717, 1.165) is 24.8 Å². The molecule has 1 aromatic rings. The van der Waals surface area contributed by atoms with Gasteiger partial charge in [-0.15, -0.1) is 0 Å². The lowest BCUT2D eigenvalue weighted by molar-refractivity contribution is -0.129. The molecule has 20 heavy (non-hydrogen) atoms. The molecule has 0 saturated carbocycles. The number of amides is 2. The minimum atomic E-state index is -0.559. The third kappa shape index (κ3) is 3.31. The molecule has 1 atom stereocenters. The maximum atomic E-state index is 12.2. The summed E-state index contributed by atoms with van der Waals surface area (Å²) in [6.45, 7) is 2.27. The van der Waals surface area contributed by atoms with Crippen molar-refractivity contribution in [2.45, 2.75) is 38.6 Å². The van der Waals surface area contributed by atoms with Crippen LogP contribution in [0.2, 0.25) is 5.02 Å². The van der Waals surface area contributed by atoms with Gasteiger partial charge in [0.15, 0.2) is 0 Å². The molecule has 108 valence electrons. The highest BCUT2D eigenvalue weighted by Crippen LogP contribution is 2.30. The predicted octanol–water partition coefficient (Wildman–Crippen LogP) is 3.94. The molecule has 1 fully saturated rings. The van der Waals surface area contributed by atoms with Crippen LogP contribution < -0.4 is 0 Å². The fraction of sp³-hybridized carbons (Fsp3) is 0.467. The van der Waals surface area contributed by atoms with Crippen molar-refractivity contribution >= 4 is 23.6 Å². The van der Waals surface area contributed by atoms with E-state index < -0.39 is 6.09 Å². The second kappa shape index (κ2) is 6.75. The zero-order valence-electron chi connectivity index (χ0n) is 11.5. The van der Waals surface area contributed by atoms with Gasteiger partial charge in [-0.2, -0.15) is 0 Å². The van der Waals surface area contributed by atoms with Crippen LogP contribution in [0.1, 0.15) is 44.2 Å². The maximum Gasteiger partial charge on any atom is 0.417 e. The third-order valence-electron chi connectivity index (χ3n) is 3.37. The van der Waals surface area contributed by atoms with E-state index in [-0.39, 0.29) is 18.6 Å². The number of hydrogen-bond donors (Lipinski definition) is 0. The lowest BCUT2D eigenvalue weighted by Gasteiger charge is -2.20. The van der Waals surface area contributed by atoms with Crippen molar-refractivity contribution in [3.8, 4) is 0 Å². The Morgan fingerprint density at radius 2 is 2.25 bits per heavy atom. The summed E-state index contributed by atoms with van der Waals surface area (Å²) in [5, 5.41) is 0.584. The van der Waals surface area contributed by atoms with Crippen molar-refractivity contribution in [2.24, 2.45) is 0 Å². The summed E-state index contributed by atoms with van der Waals surface area (Å²) in [6.07, 6.45) is 2.63. The Bertz CT molecular complexity index is 504. The number of imide groups is 1. The minimum absolute atomic E-state index is 0.175. The number of cyclic esters (lactones) is 1. The molecule has 0 radical (unpaired) electrons. The Kier molecular flexibility index (Phi) is 5.01. The fourth-order valence-corrected chi connectivity index (χ4v) is 2.50. The fourth-order valence-electron chi connectivity index (χ4n) is 2.30. The summed E-state index contributed by atoms with van der Waals surface area (Å²) < 4.78 is 5.02. The van der Waals surface area contributed by atoms with Gasteiger partial charge in [0.2, 0.25) is 5.91 Å². The predicted molar refractivity (Wildman–Crippen MR) is 76.5 cm³/mol. The van der Waals surface area contributed by atoms with Crippen LogP contribution >= 0.6 is 11.6 Å². The number of halogens is 1. The van der Waals surface area contributed by atoms with E-state index in [1.807, 2.05) is 6.07 Å². The second-order valence-electron chi connectivity index (χ2n) is 4.87. The van der Waals surface area contributed by atoms with E-state index >= 15 is 0 Å². The van der Waals surface area contributed by atoms with Crippen LogP contribution in [-0.4, -0.2) is 23.5 Å². The zero-order chi connectivity index (χ0) is 14.5.